The molecular weight excluding hydrogens is 536 g/mol. The van der Waals surface area contributed by atoms with Gasteiger partial charge in [0.1, 0.15) is 5.75 Å². The van der Waals surface area contributed by atoms with Crippen molar-refractivity contribution in [2.45, 2.75) is 73.1 Å². The Kier molecular flexibility index (Phi) is 12.5. The zero-order valence-electron chi connectivity index (χ0n) is 27.6. The van der Waals surface area contributed by atoms with Gasteiger partial charge in [0, 0.05) is 6.42 Å². The molecule has 0 aromatic heterocycles. The molecule has 0 fully saturated rings. The number of hydrogen-bond acceptors (Lipinski definition) is 2. The van der Waals surface area contributed by atoms with E-state index in [1.807, 2.05) is 19.1 Å². The van der Waals surface area contributed by atoms with Gasteiger partial charge in [-0.25, -0.2) is 0 Å². The van der Waals surface area contributed by atoms with Gasteiger partial charge in [-0.1, -0.05) is 122 Å². The quantitative estimate of drug-likeness (QED) is 0.116. The third-order valence-electron chi connectivity index (χ3n) is 8.57. The summed E-state index contributed by atoms with van der Waals surface area (Å²) in [7, 11) is 0. The lowest BCUT2D eigenvalue weighted by atomic mass is 9.76. The Bertz CT molecular complexity index is 1480. The van der Waals surface area contributed by atoms with Crippen molar-refractivity contribution in [2.75, 3.05) is 6.61 Å². The number of benzene rings is 3. The molecule has 0 aliphatic carbocycles. The minimum absolute atomic E-state index is 0.0361. The second-order valence-corrected chi connectivity index (χ2v) is 12.7. The van der Waals surface area contributed by atoms with Crippen molar-refractivity contribution in [2.24, 2.45) is 5.41 Å². The number of ether oxygens (including phenoxy) is 1. The van der Waals surface area contributed by atoms with Gasteiger partial charge in [-0.3, -0.25) is 4.79 Å². The Labute approximate surface area is 266 Å². The summed E-state index contributed by atoms with van der Waals surface area (Å²) in [5.41, 5.74) is 11.1. The van der Waals surface area contributed by atoms with Crippen LogP contribution in [0.3, 0.4) is 0 Å². The molecule has 3 rings (SSSR count). The molecule has 2 heteroatoms. The van der Waals surface area contributed by atoms with Crippen LogP contribution >= 0.6 is 0 Å². The lowest BCUT2D eigenvalue weighted by molar-refractivity contribution is -0.116. The fraction of sp³-hybridized carbons (Fsp3) is 0.310. The van der Waals surface area contributed by atoms with Crippen LogP contribution in [0.15, 0.2) is 121 Å². The number of hydrogen-bond donors (Lipinski definition) is 0. The van der Waals surface area contributed by atoms with Crippen molar-refractivity contribution in [3.63, 3.8) is 0 Å². The molecule has 44 heavy (non-hydrogen) atoms. The Morgan fingerprint density at radius 3 is 2.00 bits per heavy atom. The average Bonchev–Trinajstić information content (AvgIpc) is 2.99. The number of allylic oxidation sites excluding steroid dienone is 5. The first-order chi connectivity index (χ1) is 20.8. The zero-order chi connectivity index (χ0) is 32.3. The highest BCUT2D eigenvalue weighted by Gasteiger charge is 2.25. The fourth-order valence-electron chi connectivity index (χ4n) is 5.18. The van der Waals surface area contributed by atoms with Crippen LogP contribution in [0.2, 0.25) is 0 Å². The summed E-state index contributed by atoms with van der Waals surface area (Å²) in [6.45, 7) is 27.2. The van der Waals surface area contributed by atoms with Crippen molar-refractivity contribution in [3.8, 4) is 16.9 Å². The standard InChI is InChI=1S/C42H50O2/c1-30(2)34(7)22-24-42(9,25-23-41(43)31(3)4)26-27-44-40-20-18-38(19-21-40)37-16-13-36(14-17-37)12-10-33(6)29-39-15-11-32(5)28-35(39)8/h10-21,28H,1,3,6-7,22-27,29H2,2,4-5,8-9H3/b12-10+. The molecule has 1 unspecified atom stereocenters. The monoisotopic (exact) mass is 586 g/mol. The van der Waals surface area contributed by atoms with Crippen LogP contribution in [0, 0.1) is 19.3 Å². The van der Waals surface area contributed by atoms with Crippen LogP contribution in [0.4, 0.5) is 0 Å². The summed E-state index contributed by atoms with van der Waals surface area (Å²) in [5, 5.41) is 0. The van der Waals surface area contributed by atoms with Crippen LogP contribution in [-0.4, -0.2) is 12.4 Å². The Balaban J connectivity index is 1.55. The highest BCUT2D eigenvalue weighted by atomic mass is 16.5. The number of aryl methyl sites for hydroxylation is 2. The van der Waals surface area contributed by atoms with E-state index in [1.54, 1.807) is 6.92 Å². The van der Waals surface area contributed by atoms with Crippen LogP contribution in [-0.2, 0) is 11.2 Å². The zero-order valence-corrected chi connectivity index (χ0v) is 27.6. The minimum atomic E-state index is -0.0361. The van der Waals surface area contributed by atoms with Gasteiger partial charge in [0.25, 0.3) is 0 Å². The van der Waals surface area contributed by atoms with Gasteiger partial charge in [0.2, 0.25) is 0 Å². The van der Waals surface area contributed by atoms with E-state index in [-0.39, 0.29) is 11.2 Å². The minimum Gasteiger partial charge on any atom is -0.494 e. The maximum Gasteiger partial charge on any atom is 0.158 e. The SMILES string of the molecule is C=C(/C=C/c1ccc(-c2ccc(OCCC(C)(CCC(=C)C(=C)C)CCC(=O)C(=C)C)cc2)cc1)Cc1ccc(C)cc1C. The molecule has 3 aromatic rings. The first kappa shape index (κ1) is 34.3. The largest absolute Gasteiger partial charge is 0.494 e. The third-order valence-corrected chi connectivity index (χ3v) is 8.57. The highest BCUT2D eigenvalue weighted by Crippen LogP contribution is 2.36. The summed E-state index contributed by atoms with van der Waals surface area (Å²) >= 11 is 0. The predicted molar refractivity (Wildman–Crippen MR) is 190 cm³/mol. The second kappa shape index (κ2) is 16.1. The molecule has 0 heterocycles. The number of Topliss-reactive ketones (excluding diaryl/α,β-unsaturated/α-hetero) is 1. The molecule has 0 N–H and O–H groups in total. The van der Waals surface area contributed by atoms with E-state index in [2.05, 4.69) is 114 Å². The number of carbonyl (C=O) groups excluding carboxylic acids is 1. The number of ketones is 1. The van der Waals surface area contributed by atoms with Gasteiger partial charge < -0.3 is 4.74 Å². The van der Waals surface area contributed by atoms with Gasteiger partial charge >= 0.3 is 0 Å². The Hall–Kier alpha value is -4.17. The van der Waals surface area contributed by atoms with E-state index in [0.717, 1.165) is 71.3 Å². The smallest absolute Gasteiger partial charge is 0.158 e. The van der Waals surface area contributed by atoms with Crippen molar-refractivity contribution in [1.29, 1.82) is 0 Å². The van der Waals surface area contributed by atoms with Crippen molar-refractivity contribution < 1.29 is 9.53 Å². The summed E-state index contributed by atoms with van der Waals surface area (Å²) in [5.74, 6) is 0.983. The molecule has 0 saturated carbocycles. The van der Waals surface area contributed by atoms with Gasteiger partial charge in [-0.05, 0) is 111 Å². The van der Waals surface area contributed by atoms with Crippen LogP contribution < -0.4 is 4.74 Å². The number of carbonyl (C=O) groups is 1. The highest BCUT2D eigenvalue weighted by molar-refractivity contribution is 5.94. The molecule has 1 atom stereocenters. The van der Waals surface area contributed by atoms with E-state index in [1.165, 1.54) is 16.7 Å². The molecule has 230 valence electrons. The maximum atomic E-state index is 12.3. The molecule has 0 bridgehead atoms. The summed E-state index contributed by atoms with van der Waals surface area (Å²) in [6, 6.07) is 23.4. The normalized spacial score (nSPS) is 12.5. The van der Waals surface area contributed by atoms with E-state index in [4.69, 9.17) is 4.74 Å². The Morgan fingerprint density at radius 1 is 0.795 bits per heavy atom. The summed E-state index contributed by atoms with van der Waals surface area (Å²) in [6.07, 6.45) is 9.08. The molecule has 0 aliphatic rings. The lowest BCUT2D eigenvalue weighted by Gasteiger charge is -2.30. The molecule has 0 spiro atoms. The van der Waals surface area contributed by atoms with Gasteiger partial charge in [0.05, 0.1) is 6.61 Å². The summed E-state index contributed by atoms with van der Waals surface area (Å²) < 4.78 is 6.17. The lowest BCUT2D eigenvalue weighted by Crippen LogP contribution is -2.22. The van der Waals surface area contributed by atoms with Gasteiger partial charge in [-0.15, -0.1) is 0 Å². The molecule has 0 saturated heterocycles. The van der Waals surface area contributed by atoms with Gasteiger partial charge in [0.15, 0.2) is 5.78 Å². The van der Waals surface area contributed by atoms with Crippen molar-refractivity contribution in [3.05, 3.63) is 144 Å². The maximum absolute atomic E-state index is 12.3. The van der Waals surface area contributed by atoms with Crippen LogP contribution in [0.1, 0.15) is 75.1 Å². The van der Waals surface area contributed by atoms with E-state index >= 15 is 0 Å². The fourth-order valence-corrected chi connectivity index (χ4v) is 5.18. The van der Waals surface area contributed by atoms with Crippen LogP contribution in [0.25, 0.3) is 17.2 Å². The number of rotatable bonds is 17. The third kappa shape index (κ3) is 10.8. The first-order valence-corrected chi connectivity index (χ1v) is 15.6. The molecular formula is C42H50O2. The summed E-state index contributed by atoms with van der Waals surface area (Å²) in [4.78, 5) is 12.3. The molecule has 0 aliphatic heterocycles. The van der Waals surface area contributed by atoms with Gasteiger partial charge in [-0.2, -0.15) is 0 Å². The molecule has 0 radical (unpaired) electrons. The topological polar surface area (TPSA) is 26.3 Å². The van der Waals surface area contributed by atoms with Crippen molar-refractivity contribution >= 4 is 11.9 Å². The van der Waals surface area contributed by atoms with E-state index in [9.17, 15) is 4.79 Å². The van der Waals surface area contributed by atoms with E-state index < -0.39 is 0 Å². The second-order valence-electron chi connectivity index (χ2n) is 12.7. The molecule has 0 amide bonds. The van der Waals surface area contributed by atoms with Crippen molar-refractivity contribution in [1.82, 2.24) is 0 Å². The molecule has 2 nitrogen and oxygen atoms in total. The van der Waals surface area contributed by atoms with Crippen LogP contribution in [0.5, 0.6) is 5.75 Å². The molecule has 3 aromatic carbocycles. The first-order valence-electron chi connectivity index (χ1n) is 15.6. The van der Waals surface area contributed by atoms with E-state index in [0.29, 0.717) is 18.6 Å². The Morgan fingerprint density at radius 2 is 1.41 bits per heavy atom. The predicted octanol–water partition coefficient (Wildman–Crippen LogP) is 11.4. The average molecular weight is 587 g/mol.